The lowest BCUT2D eigenvalue weighted by atomic mass is 10.2. The average Bonchev–Trinajstić information content (AvgIpc) is 2.57. The van der Waals surface area contributed by atoms with Crippen molar-refractivity contribution >= 4 is 16.0 Å². The number of nitrogens with one attached hydrogen (secondary N) is 1. The summed E-state index contributed by atoms with van der Waals surface area (Å²) in [6.07, 6.45) is 0.726. The molecule has 1 unspecified atom stereocenters. The molecule has 0 heterocycles. The second-order valence-corrected chi connectivity index (χ2v) is 7.04. The van der Waals surface area contributed by atoms with Crippen LogP contribution in [0.3, 0.4) is 0 Å². The second-order valence-electron chi connectivity index (χ2n) is 5.33. The van der Waals surface area contributed by atoms with Crippen molar-refractivity contribution in [1.29, 1.82) is 0 Å². The highest BCUT2D eigenvalue weighted by Gasteiger charge is 2.24. The molecule has 8 heteroatoms. The third-order valence-corrected chi connectivity index (χ3v) is 4.84. The number of ether oxygens (including phenoxy) is 1. The molecule has 1 atom stereocenters. The molecule has 134 valence electrons. The minimum atomic E-state index is -3.96. The van der Waals surface area contributed by atoms with Gasteiger partial charge < -0.3 is 9.84 Å². The van der Waals surface area contributed by atoms with E-state index in [0.29, 0.717) is 17.9 Å². The van der Waals surface area contributed by atoms with Crippen molar-refractivity contribution < 1.29 is 27.4 Å². The molecule has 0 amide bonds. The van der Waals surface area contributed by atoms with E-state index in [2.05, 4.69) is 4.72 Å². The minimum absolute atomic E-state index is 0.0682. The van der Waals surface area contributed by atoms with E-state index in [-0.39, 0.29) is 17.1 Å². The van der Waals surface area contributed by atoms with Crippen molar-refractivity contribution in [1.82, 2.24) is 4.72 Å². The normalized spacial score (nSPS) is 12.6. The van der Waals surface area contributed by atoms with Crippen molar-refractivity contribution in [3.05, 3.63) is 54.3 Å². The number of hydrogen-bond donors (Lipinski definition) is 2. The molecule has 0 aliphatic heterocycles. The number of sulfonamides is 1. The molecule has 0 spiro atoms. The first-order valence-corrected chi connectivity index (χ1v) is 9.09. The molecule has 0 aromatic heterocycles. The number of carboxylic acids is 1. The number of carboxylic acid groups (broad SMARTS) is 1. The molecule has 0 saturated heterocycles. The zero-order valence-corrected chi connectivity index (χ0v) is 14.3. The molecule has 2 aromatic carbocycles. The van der Waals surface area contributed by atoms with Crippen LogP contribution in [-0.4, -0.2) is 25.5 Å². The number of benzene rings is 2. The third kappa shape index (κ3) is 5.27. The lowest BCUT2D eigenvalue weighted by Gasteiger charge is -2.14. The quantitative estimate of drug-likeness (QED) is 0.748. The smallest absolute Gasteiger partial charge is 0.321 e. The molecule has 0 aliphatic rings. The van der Waals surface area contributed by atoms with Crippen LogP contribution in [-0.2, 0) is 14.8 Å². The Kier molecular flexibility index (Phi) is 6.11. The summed E-state index contributed by atoms with van der Waals surface area (Å²) in [6, 6.07) is 9.72. The summed E-state index contributed by atoms with van der Waals surface area (Å²) in [5.74, 6) is -0.834. The summed E-state index contributed by atoms with van der Waals surface area (Å²) >= 11 is 0. The summed E-state index contributed by atoms with van der Waals surface area (Å²) in [5.41, 5.74) is 0. The van der Waals surface area contributed by atoms with Crippen LogP contribution >= 0.6 is 0 Å². The second kappa shape index (κ2) is 8.09. The molecule has 2 N–H and O–H groups in total. The Morgan fingerprint density at radius 2 is 1.64 bits per heavy atom. The molecule has 0 fully saturated rings. The zero-order chi connectivity index (χ0) is 18.4. The molecule has 0 radical (unpaired) electrons. The Balaban J connectivity index is 2.12. The van der Waals surface area contributed by atoms with E-state index < -0.39 is 22.0 Å². The van der Waals surface area contributed by atoms with Gasteiger partial charge in [-0.1, -0.05) is 13.3 Å². The highest BCUT2D eigenvalue weighted by Crippen LogP contribution is 2.23. The summed E-state index contributed by atoms with van der Waals surface area (Å²) < 4.78 is 45.1. The van der Waals surface area contributed by atoms with Crippen LogP contribution in [0.2, 0.25) is 0 Å². The molecular weight excluding hydrogens is 349 g/mol. The predicted octanol–water partition coefficient (Wildman–Crippen LogP) is 3.15. The summed E-state index contributed by atoms with van der Waals surface area (Å²) in [7, 11) is -3.96. The van der Waals surface area contributed by atoms with Crippen LogP contribution in [0, 0.1) is 5.82 Å². The Morgan fingerprint density at radius 1 is 1.12 bits per heavy atom. The van der Waals surface area contributed by atoms with Crippen molar-refractivity contribution in [2.24, 2.45) is 0 Å². The van der Waals surface area contributed by atoms with E-state index in [1.165, 1.54) is 48.5 Å². The highest BCUT2D eigenvalue weighted by atomic mass is 32.2. The van der Waals surface area contributed by atoms with Gasteiger partial charge in [-0.05, 0) is 55.0 Å². The maximum Gasteiger partial charge on any atom is 0.321 e. The predicted molar refractivity (Wildman–Crippen MR) is 89.6 cm³/mol. The minimum Gasteiger partial charge on any atom is -0.480 e. The van der Waals surface area contributed by atoms with Gasteiger partial charge in [0.25, 0.3) is 0 Å². The average molecular weight is 367 g/mol. The van der Waals surface area contributed by atoms with Gasteiger partial charge in [-0.15, -0.1) is 0 Å². The molecule has 25 heavy (non-hydrogen) atoms. The van der Waals surface area contributed by atoms with Gasteiger partial charge in [0.2, 0.25) is 10.0 Å². The molecular formula is C17H18FNO5S. The largest absolute Gasteiger partial charge is 0.480 e. The van der Waals surface area contributed by atoms with Crippen LogP contribution < -0.4 is 9.46 Å². The van der Waals surface area contributed by atoms with Crippen molar-refractivity contribution in [3.63, 3.8) is 0 Å². The van der Waals surface area contributed by atoms with Crippen LogP contribution in [0.15, 0.2) is 53.4 Å². The number of rotatable bonds is 8. The molecule has 2 rings (SSSR count). The molecule has 0 aliphatic carbocycles. The van der Waals surface area contributed by atoms with E-state index in [1.54, 1.807) is 6.92 Å². The summed E-state index contributed by atoms with van der Waals surface area (Å²) in [4.78, 5) is 11.0. The van der Waals surface area contributed by atoms with Crippen LogP contribution in [0.1, 0.15) is 19.8 Å². The third-order valence-electron chi connectivity index (χ3n) is 3.36. The zero-order valence-electron chi connectivity index (χ0n) is 13.5. The molecule has 0 saturated carbocycles. The fraction of sp³-hybridized carbons (Fsp3) is 0.235. The van der Waals surface area contributed by atoms with Crippen molar-refractivity contribution in [3.8, 4) is 11.5 Å². The van der Waals surface area contributed by atoms with Gasteiger partial charge >= 0.3 is 5.97 Å². The van der Waals surface area contributed by atoms with Gasteiger partial charge in [0.1, 0.15) is 23.4 Å². The maximum atomic E-state index is 12.9. The fourth-order valence-electron chi connectivity index (χ4n) is 2.10. The number of halogens is 1. The van der Waals surface area contributed by atoms with E-state index in [4.69, 9.17) is 9.84 Å². The van der Waals surface area contributed by atoms with Gasteiger partial charge in [0, 0.05) is 0 Å². The summed E-state index contributed by atoms with van der Waals surface area (Å²) in [6.45, 7) is 1.77. The highest BCUT2D eigenvalue weighted by molar-refractivity contribution is 7.89. The van der Waals surface area contributed by atoms with Gasteiger partial charge in [0.05, 0.1) is 4.90 Å². The van der Waals surface area contributed by atoms with Crippen LogP contribution in [0.5, 0.6) is 11.5 Å². The lowest BCUT2D eigenvalue weighted by Crippen LogP contribution is -2.40. The van der Waals surface area contributed by atoms with Gasteiger partial charge in [-0.25, -0.2) is 12.8 Å². The standard InChI is InChI=1S/C17H18FNO5S/c1-2-3-16(17(20)21)19-25(22,23)15-10-8-14(9-11-15)24-13-6-4-12(18)5-7-13/h4-11,16,19H,2-3H2,1H3,(H,20,21). The molecule has 2 aromatic rings. The van der Waals surface area contributed by atoms with Crippen LogP contribution in [0.25, 0.3) is 0 Å². The summed E-state index contributed by atoms with van der Waals surface area (Å²) in [5, 5.41) is 9.07. The molecule has 6 nitrogen and oxygen atoms in total. The van der Waals surface area contributed by atoms with Gasteiger partial charge in [-0.3, -0.25) is 4.79 Å². The Labute approximate surface area is 145 Å². The Morgan fingerprint density at radius 3 is 2.12 bits per heavy atom. The number of aliphatic carboxylic acids is 1. The van der Waals surface area contributed by atoms with E-state index in [9.17, 15) is 17.6 Å². The van der Waals surface area contributed by atoms with Gasteiger partial charge in [0.15, 0.2) is 0 Å². The number of hydrogen-bond acceptors (Lipinski definition) is 4. The van der Waals surface area contributed by atoms with Gasteiger partial charge in [-0.2, -0.15) is 4.72 Å². The van der Waals surface area contributed by atoms with E-state index in [1.807, 2.05) is 0 Å². The first kappa shape index (κ1) is 18.9. The van der Waals surface area contributed by atoms with E-state index in [0.717, 1.165) is 0 Å². The number of carbonyl (C=O) groups is 1. The fourth-order valence-corrected chi connectivity index (χ4v) is 3.33. The Bertz CT molecular complexity index is 819. The monoisotopic (exact) mass is 367 g/mol. The van der Waals surface area contributed by atoms with Crippen molar-refractivity contribution in [2.75, 3.05) is 0 Å². The lowest BCUT2D eigenvalue weighted by molar-refractivity contribution is -0.139. The Hall–Kier alpha value is -2.45. The first-order chi connectivity index (χ1) is 11.8. The topological polar surface area (TPSA) is 92.7 Å². The van der Waals surface area contributed by atoms with Crippen LogP contribution in [0.4, 0.5) is 4.39 Å². The molecule has 0 bridgehead atoms. The SMILES string of the molecule is CCCC(NS(=O)(=O)c1ccc(Oc2ccc(F)cc2)cc1)C(=O)O. The first-order valence-electron chi connectivity index (χ1n) is 7.60. The maximum absolute atomic E-state index is 12.9. The van der Waals surface area contributed by atoms with Crippen molar-refractivity contribution in [2.45, 2.75) is 30.7 Å². The van der Waals surface area contributed by atoms with E-state index >= 15 is 0 Å².